The predicted molar refractivity (Wildman–Crippen MR) is 129 cm³/mol. The Labute approximate surface area is 192 Å². The molecule has 0 spiro atoms. The van der Waals surface area contributed by atoms with E-state index in [4.69, 9.17) is 19.0 Å². The Kier molecular flexibility index (Phi) is 9.17. The van der Waals surface area contributed by atoms with Gasteiger partial charge in [-0.1, -0.05) is 41.6 Å². The minimum atomic E-state index is 0.175. The minimum Gasteiger partial charge on any atom is -0.490 e. The summed E-state index contributed by atoms with van der Waals surface area (Å²) in [6, 6.07) is 12.3. The quantitative estimate of drug-likeness (QED) is 0.254. The van der Waals surface area contributed by atoms with Crippen molar-refractivity contribution in [1.29, 1.82) is 0 Å². The van der Waals surface area contributed by atoms with Crippen molar-refractivity contribution in [3.05, 3.63) is 70.8 Å². The van der Waals surface area contributed by atoms with Crippen molar-refractivity contribution in [3.8, 4) is 11.5 Å². The van der Waals surface area contributed by atoms with Crippen LogP contribution in [0.4, 0.5) is 0 Å². The van der Waals surface area contributed by atoms with Crippen molar-refractivity contribution >= 4 is 6.21 Å². The maximum Gasteiger partial charge on any atom is 0.125 e. The summed E-state index contributed by atoms with van der Waals surface area (Å²) in [4.78, 5) is 4.72. The van der Waals surface area contributed by atoms with Crippen molar-refractivity contribution in [1.82, 2.24) is 0 Å². The number of aryl methyl sites for hydroxylation is 2. The van der Waals surface area contributed by atoms with E-state index < -0.39 is 0 Å². The molecule has 1 aliphatic carbocycles. The van der Waals surface area contributed by atoms with Crippen LogP contribution in [-0.2, 0) is 16.2 Å². The minimum absolute atomic E-state index is 0.175. The van der Waals surface area contributed by atoms with E-state index in [1.165, 1.54) is 0 Å². The van der Waals surface area contributed by atoms with Gasteiger partial charge in [-0.3, -0.25) is 0 Å². The van der Waals surface area contributed by atoms with Crippen LogP contribution in [0.15, 0.2) is 53.7 Å². The lowest BCUT2D eigenvalue weighted by Gasteiger charge is -2.30. The molecule has 2 aromatic carbocycles. The Hall–Kier alpha value is -2.79. The third-order valence-electron chi connectivity index (χ3n) is 5.65. The van der Waals surface area contributed by atoms with Crippen LogP contribution in [0.2, 0.25) is 0 Å². The first-order valence-corrected chi connectivity index (χ1v) is 11.4. The Morgan fingerprint density at radius 1 is 1.03 bits per heavy atom. The van der Waals surface area contributed by atoms with Crippen LogP contribution in [0.25, 0.3) is 0 Å². The summed E-state index contributed by atoms with van der Waals surface area (Å²) in [7, 11) is 1.54. The van der Waals surface area contributed by atoms with E-state index >= 15 is 0 Å². The highest BCUT2D eigenvalue weighted by atomic mass is 16.6. The molecule has 0 heterocycles. The zero-order valence-electron chi connectivity index (χ0n) is 19.7. The molecular weight excluding hydrogens is 402 g/mol. The molecule has 1 aliphatic rings. The summed E-state index contributed by atoms with van der Waals surface area (Å²) in [5, 5.41) is 3.79. The Morgan fingerprint density at radius 3 is 2.44 bits per heavy atom. The van der Waals surface area contributed by atoms with Gasteiger partial charge in [-0.25, -0.2) is 0 Å². The number of hydrogen-bond acceptors (Lipinski definition) is 5. The van der Waals surface area contributed by atoms with Gasteiger partial charge in [0, 0.05) is 6.42 Å². The largest absolute Gasteiger partial charge is 0.490 e. The van der Waals surface area contributed by atoms with Crippen LogP contribution in [0.5, 0.6) is 11.5 Å². The van der Waals surface area contributed by atoms with Crippen LogP contribution in [-0.4, -0.2) is 32.1 Å². The van der Waals surface area contributed by atoms with Crippen LogP contribution in [0, 0.1) is 13.8 Å². The van der Waals surface area contributed by atoms with Crippen LogP contribution < -0.4 is 9.47 Å². The molecule has 0 N–H and O–H groups in total. The van der Waals surface area contributed by atoms with Gasteiger partial charge in [0.05, 0.1) is 18.9 Å². The summed E-state index contributed by atoms with van der Waals surface area (Å²) < 4.78 is 18.5. The van der Waals surface area contributed by atoms with Gasteiger partial charge in [-0.2, -0.15) is 0 Å². The second kappa shape index (κ2) is 12.3. The van der Waals surface area contributed by atoms with E-state index in [2.05, 4.69) is 43.3 Å². The average molecular weight is 438 g/mol. The van der Waals surface area contributed by atoms with Gasteiger partial charge >= 0.3 is 0 Å². The number of hydrogen-bond donors (Lipinski definition) is 0. The van der Waals surface area contributed by atoms with E-state index in [9.17, 15) is 0 Å². The lowest BCUT2D eigenvalue weighted by Crippen LogP contribution is -2.30. The first-order chi connectivity index (χ1) is 15.6. The number of nitrogens with zero attached hydrogens (tertiary/aromatic N) is 1. The summed E-state index contributed by atoms with van der Waals surface area (Å²) >= 11 is 0. The number of ether oxygens (including phenoxy) is 3. The summed E-state index contributed by atoms with van der Waals surface area (Å²) in [5.74, 6) is 1.86. The molecule has 3 rings (SSSR count). The van der Waals surface area contributed by atoms with Gasteiger partial charge in [-0.15, -0.1) is 0 Å². The van der Waals surface area contributed by atoms with E-state index in [0.717, 1.165) is 59.4 Å². The van der Waals surface area contributed by atoms with Crippen LogP contribution in [0.1, 0.15) is 54.9 Å². The first kappa shape index (κ1) is 23.9. The SMILES string of the molecule is C/C=C/COc1cc(C)c(OC2CCCC(OCc3ccc(C=NOC)cc3)C2)c(C)c1. The van der Waals surface area contributed by atoms with E-state index in [1.54, 1.807) is 13.3 Å². The molecule has 0 aliphatic heterocycles. The maximum atomic E-state index is 6.46. The zero-order chi connectivity index (χ0) is 22.8. The number of oxime groups is 1. The Bertz CT molecular complexity index is 881. The van der Waals surface area contributed by atoms with Gasteiger partial charge in [0.25, 0.3) is 0 Å². The number of benzene rings is 2. The lowest BCUT2D eigenvalue weighted by atomic mass is 9.94. The van der Waals surface area contributed by atoms with Gasteiger partial charge in [0.2, 0.25) is 0 Å². The number of rotatable bonds is 10. The highest BCUT2D eigenvalue weighted by Crippen LogP contribution is 2.32. The van der Waals surface area contributed by atoms with Gasteiger partial charge in [0.15, 0.2) is 0 Å². The van der Waals surface area contributed by atoms with Crippen molar-refractivity contribution < 1.29 is 19.0 Å². The Balaban J connectivity index is 1.53. The van der Waals surface area contributed by atoms with Gasteiger partial charge in [0.1, 0.15) is 31.3 Å². The van der Waals surface area contributed by atoms with Gasteiger partial charge in [-0.05, 0) is 74.4 Å². The highest BCUT2D eigenvalue weighted by Gasteiger charge is 2.25. The smallest absolute Gasteiger partial charge is 0.125 e. The Morgan fingerprint density at radius 2 is 1.75 bits per heavy atom. The third kappa shape index (κ3) is 7.13. The molecule has 5 nitrogen and oxygen atoms in total. The van der Waals surface area contributed by atoms with E-state index in [0.29, 0.717) is 13.2 Å². The normalized spacial score (nSPS) is 18.9. The molecule has 0 amide bonds. The molecule has 2 aromatic rings. The fraction of sp³-hybridized carbons (Fsp3) is 0.444. The molecule has 0 aromatic heterocycles. The molecule has 5 heteroatoms. The summed E-state index contributed by atoms with van der Waals surface area (Å²) in [5.41, 5.74) is 4.38. The molecular formula is C27H35NO4. The molecule has 2 atom stereocenters. The molecule has 1 fully saturated rings. The molecule has 32 heavy (non-hydrogen) atoms. The number of allylic oxidation sites excluding steroid dienone is 1. The maximum absolute atomic E-state index is 6.46. The molecule has 0 radical (unpaired) electrons. The third-order valence-corrected chi connectivity index (χ3v) is 5.65. The zero-order valence-corrected chi connectivity index (χ0v) is 19.7. The molecule has 0 bridgehead atoms. The fourth-order valence-corrected chi connectivity index (χ4v) is 3.98. The van der Waals surface area contributed by atoms with Crippen molar-refractivity contribution in [2.24, 2.45) is 5.16 Å². The highest BCUT2D eigenvalue weighted by molar-refractivity contribution is 5.79. The van der Waals surface area contributed by atoms with Crippen molar-refractivity contribution in [3.63, 3.8) is 0 Å². The van der Waals surface area contributed by atoms with Crippen LogP contribution in [0.3, 0.4) is 0 Å². The topological polar surface area (TPSA) is 49.3 Å². The van der Waals surface area contributed by atoms with Crippen molar-refractivity contribution in [2.75, 3.05) is 13.7 Å². The predicted octanol–water partition coefficient (Wildman–Crippen LogP) is 6.15. The average Bonchev–Trinajstić information content (AvgIpc) is 2.80. The standard InChI is InChI=1S/C27H35NO4/c1-5-6-14-30-26-15-20(2)27(21(3)16-26)32-25-9-7-8-24(17-25)31-19-23-12-10-22(11-13-23)18-28-29-4/h5-6,10-13,15-16,18,24-25H,7-9,14,17,19H2,1-4H3/b6-5+,28-18?. The lowest BCUT2D eigenvalue weighted by molar-refractivity contribution is -0.0165. The molecule has 1 saturated carbocycles. The first-order valence-electron chi connectivity index (χ1n) is 11.4. The second-order valence-corrected chi connectivity index (χ2v) is 8.26. The summed E-state index contributed by atoms with van der Waals surface area (Å²) in [6.45, 7) is 7.36. The van der Waals surface area contributed by atoms with Gasteiger partial charge < -0.3 is 19.0 Å². The van der Waals surface area contributed by atoms with E-state index in [1.807, 2.05) is 31.2 Å². The molecule has 0 saturated heterocycles. The van der Waals surface area contributed by atoms with Crippen LogP contribution >= 0.6 is 0 Å². The summed E-state index contributed by atoms with van der Waals surface area (Å²) in [6.07, 6.45) is 10.2. The van der Waals surface area contributed by atoms with Crippen molar-refractivity contribution in [2.45, 2.75) is 65.3 Å². The van der Waals surface area contributed by atoms with E-state index in [-0.39, 0.29) is 12.2 Å². The second-order valence-electron chi connectivity index (χ2n) is 8.26. The molecule has 2 unspecified atom stereocenters. The fourth-order valence-electron chi connectivity index (χ4n) is 3.98. The monoisotopic (exact) mass is 437 g/mol. The molecule has 172 valence electrons.